The number of hydrogen-bond donors (Lipinski definition) is 1. The molecule has 0 aromatic rings. The maximum atomic E-state index is 13.4. The van der Waals surface area contributed by atoms with Crippen molar-refractivity contribution in [3.05, 3.63) is 23.3 Å². The summed E-state index contributed by atoms with van der Waals surface area (Å²) in [6.07, 6.45) is 4.45. The highest BCUT2D eigenvalue weighted by molar-refractivity contribution is 5.95. The summed E-state index contributed by atoms with van der Waals surface area (Å²) in [5.74, 6) is -2.16. The molecule has 10 heteroatoms. The third-order valence-corrected chi connectivity index (χ3v) is 12.3. The van der Waals surface area contributed by atoms with Gasteiger partial charge in [0.25, 0.3) is 0 Å². The van der Waals surface area contributed by atoms with Gasteiger partial charge < -0.3 is 28.8 Å². The van der Waals surface area contributed by atoms with Crippen LogP contribution < -0.4 is 0 Å². The zero-order valence-electron chi connectivity index (χ0n) is 27.1. The molecule has 0 bridgehead atoms. The first-order valence-electron chi connectivity index (χ1n) is 15.9. The molecule has 1 spiro atoms. The van der Waals surface area contributed by atoms with Crippen LogP contribution in [0, 0.1) is 33.5 Å². The van der Waals surface area contributed by atoms with E-state index in [0.717, 1.165) is 25.7 Å². The van der Waals surface area contributed by atoms with Gasteiger partial charge in [-0.1, -0.05) is 54.4 Å². The van der Waals surface area contributed by atoms with E-state index in [9.17, 15) is 24.3 Å². The Labute approximate surface area is 258 Å². The van der Waals surface area contributed by atoms with Gasteiger partial charge in [-0.2, -0.15) is 0 Å². The van der Waals surface area contributed by atoms with E-state index < -0.39 is 64.7 Å². The van der Waals surface area contributed by atoms with Gasteiger partial charge in [0.1, 0.15) is 12.2 Å². The van der Waals surface area contributed by atoms with Gasteiger partial charge in [-0.05, 0) is 48.7 Å². The molecular formula is C34H46O10. The lowest BCUT2D eigenvalue weighted by Gasteiger charge is -2.61. The molecule has 2 saturated carbocycles. The van der Waals surface area contributed by atoms with E-state index in [2.05, 4.69) is 27.7 Å². The van der Waals surface area contributed by atoms with Gasteiger partial charge in [0, 0.05) is 42.1 Å². The average molecular weight is 615 g/mol. The minimum Gasteiger partial charge on any atom is -0.458 e. The zero-order valence-corrected chi connectivity index (χ0v) is 27.1. The summed E-state index contributed by atoms with van der Waals surface area (Å²) in [6.45, 7) is 15.0. The fourth-order valence-corrected chi connectivity index (χ4v) is 10.8. The first kappa shape index (κ1) is 31.4. The fraction of sp³-hybridized carbons (Fsp3) is 0.765. The second kappa shape index (κ2) is 9.72. The number of esters is 3. The van der Waals surface area contributed by atoms with E-state index >= 15 is 0 Å². The third-order valence-electron chi connectivity index (χ3n) is 12.3. The maximum Gasteiger partial charge on any atom is 0.339 e. The minimum atomic E-state index is -2.01. The normalized spacial score (nSPS) is 46.6. The van der Waals surface area contributed by atoms with Crippen LogP contribution in [0.1, 0.15) is 93.9 Å². The topological polar surface area (TPSA) is 135 Å². The van der Waals surface area contributed by atoms with E-state index in [0.29, 0.717) is 19.1 Å². The Morgan fingerprint density at radius 2 is 1.39 bits per heavy atom. The third kappa shape index (κ3) is 3.95. The first-order valence-corrected chi connectivity index (χ1v) is 15.9. The standard InChI is InChI=1S/C34H46O10/c1-18(36)40-22-15-20-26(38)42-28-34(20,32(8)14-10-12-30(5,6)25(22)32)44-27(43-28)21-16-23(41-19(2)37)24-29(3,4)11-9-13-31(24,7)33(21,39)17-35/h15-17,22-25,27-28,39H,9-14H2,1-8H3/t22-,23-,24-,25+,27-,28+,31+,32+,33-,34+/m1/s1. The Hall–Kier alpha value is -2.56. The minimum absolute atomic E-state index is 0.145. The molecule has 0 radical (unpaired) electrons. The summed E-state index contributed by atoms with van der Waals surface area (Å²) in [4.78, 5) is 51.1. The highest BCUT2D eigenvalue weighted by atomic mass is 16.8. The van der Waals surface area contributed by atoms with Crippen molar-refractivity contribution < 1.29 is 48.0 Å². The summed E-state index contributed by atoms with van der Waals surface area (Å²) >= 11 is 0. The SMILES string of the molecule is CC(=O)O[C@@H]1C=C([C@@H]2O[C@@H]3OC(=O)C4=C[C@@H](OC(C)=O)[C@H]5C(C)(C)CCC[C@]5(C)[C@]43O2)[C@](O)(C=O)[C@@]2(C)CCCC(C)(C)[C@@H]12. The molecule has 2 aliphatic heterocycles. The van der Waals surface area contributed by atoms with Gasteiger partial charge in [-0.15, -0.1) is 0 Å². The van der Waals surface area contributed by atoms with E-state index in [1.165, 1.54) is 13.8 Å². The number of hydrogen-bond acceptors (Lipinski definition) is 10. The molecule has 2 saturated heterocycles. The Bertz CT molecular complexity index is 1360. The van der Waals surface area contributed by atoms with Crippen LogP contribution in [0.15, 0.2) is 23.3 Å². The smallest absolute Gasteiger partial charge is 0.339 e. The molecule has 10 nitrogen and oxygen atoms in total. The van der Waals surface area contributed by atoms with Crippen molar-refractivity contribution in [3.63, 3.8) is 0 Å². The molecule has 0 unspecified atom stereocenters. The van der Waals surface area contributed by atoms with Crippen molar-refractivity contribution in [2.24, 2.45) is 33.5 Å². The lowest BCUT2D eigenvalue weighted by Crippen LogP contribution is -2.66. The van der Waals surface area contributed by atoms with Crippen LogP contribution >= 0.6 is 0 Å². The van der Waals surface area contributed by atoms with Crippen molar-refractivity contribution in [3.8, 4) is 0 Å². The molecule has 6 aliphatic rings. The predicted octanol–water partition coefficient (Wildman–Crippen LogP) is 4.32. The Morgan fingerprint density at radius 3 is 1.93 bits per heavy atom. The van der Waals surface area contributed by atoms with Gasteiger partial charge in [0.15, 0.2) is 23.8 Å². The molecule has 0 aromatic heterocycles. The number of fused-ring (bicyclic) bond motifs is 2. The largest absolute Gasteiger partial charge is 0.458 e. The van der Waals surface area contributed by atoms with Crippen molar-refractivity contribution >= 4 is 24.2 Å². The Balaban J connectivity index is 1.51. The van der Waals surface area contributed by atoms with Crippen LogP contribution in [0.5, 0.6) is 0 Å². The first-order chi connectivity index (χ1) is 20.4. The summed E-state index contributed by atoms with van der Waals surface area (Å²) in [5.41, 5.74) is -5.49. The molecule has 6 rings (SSSR count). The molecule has 44 heavy (non-hydrogen) atoms. The summed E-state index contributed by atoms with van der Waals surface area (Å²) in [7, 11) is 0. The van der Waals surface area contributed by atoms with Crippen LogP contribution in [0.2, 0.25) is 0 Å². The maximum absolute atomic E-state index is 13.4. The molecule has 242 valence electrons. The van der Waals surface area contributed by atoms with Crippen LogP contribution in [-0.2, 0) is 42.9 Å². The number of aldehydes is 1. The number of carbonyl (C=O) groups is 4. The highest BCUT2D eigenvalue weighted by Crippen LogP contribution is 2.69. The number of ether oxygens (including phenoxy) is 5. The van der Waals surface area contributed by atoms with E-state index in [4.69, 9.17) is 23.7 Å². The predicted molar refractivity (Wildman–Crippen MR) is 155 cm³/mol. The summed E-state index contributed by atoms with van der Waals surface area (Å²) < 4.78 is 31.0. The molecule has 4 fully saturated rings. The van der Waals surface area contributed by atoms with Crippen molar-refractivity contribution in [2.45, 2.75) is 130 Å². The Morgan fingerprint density at radius 1 is 0.864 bits per heavy atom. The number of aliphatic hydroxyl groups is 1. The van der Waals surface area contributed by atoms with E-state index in [1.54, 1.807) is 12.2 Å². The van der Waals surface area contributed by atoms with Crippen LogP contribution in [0.25, 0.3) is 0 Å². The molecule has 1 N–H and O–H groups in total. The van der Waals surface area contributed by atoms with Crippen LogP contribution in [0.3, 0.4) is 0 Å². The monoisotopic (exact) mass is 614 g/mol. The van der Waals surface area contributed by atoms with Crippen molar-refractivity contribution in [1.29, 1.82) is 0 Å². The van der Waals surface area contributed by atoms with Crippen molar-refractivity contribution in [2.75, 3.05) is 0 Å². The molecule has 0 amide bonds. The van der Waals surface area contributed by atoms with Gasteiger partial charge in [-0.25, -0.2) is 4.79 Å². The van der Waals surface area contributed by atoms with E-state index in [-0.39, 0.29) is 33.8 Å². The second-order valence-corrected chi connectivity index (χ2v) is 15.8. The lowest BCUT2D eigenvalue weighted by atomic mass is 9.46. The van der Waals surface area contributed by atoms with Gasteiger partial charge in [0.2, 0.25) is 6.29 Å². The number of rotatable bonds is 4. The summed E-state index contributed by atoms with van der Waals surface area (Å²) in [6, 6.07) is 0. The second-order valence-electron chi connectivity index (χ2n) is 15.8. The van der Waals surface area contributed by atoms with Gasteiger partial charge >= 0.3 is 17.9 Å². The zero-order chi connectivity index (χ0) is 32.3. The van der Waals surface area contributed by atoms with Crippen LogP contribution in [0.4, 0.5) is 0 Å². The average Bonchev–Trinajstić information content (AvgIpc) is 3.38. The molecule has 0 aromatic carbocycles. The molecular weight excluding hydrogens is 568 g/mol. The highest BCUT2D eigenvalue weighted by Gasteiger charge is 2.77. The molecule has 4 aliphatic carbocycles. The Kier molecular flexibility index (Phi) is 6.94. The number of carbonyl (C=O) groups excluding carboxylic acids is 4. The van der Waals surface area contributed by atoms with Gasteiger partial charge in [-0.3, -0.25) is 14.4 Å². The fourth-order valence-electron chi connectivity index (χ4n) is 10.8. The van der Waals surface area contributed by atoms with Crippen LogP contribution in [-0.4, -0.2) is 65.3 Å². The molecule has 10 atom stereocenters. The summed E-state index contributed by atoms with van der Waals surface area (Å²) in [5, 5.41) is 12.5. The van der Waals surface area contributed by atoms with Gasteiger partial charge in [0.05, 0.1) is 5.57 Å². The van der Waals surface area contributed by atoms with E-state index in [1.807, 2.05) is 13.8 Å². The molecule has 2 heterocycles. The quantitative estimate of drug-likeness (QED) is 0.211. The van der Waals surface area contributed by atoms with Crippen molar-refractivity contribution in [1.82, 2.24) is 0 Å². The lowest BCUT2D eigenvalue weighted by molar-refractivity contribution is -0.210.